The molecule has 0 aliphatic carbocycles. The van der Waals surface area contributed by atoms with Crippen LogP contribution in [0.5, 0.6) is 0 Å². The van der Waals surface area contributed by atoms with Crippen molar-refractivity contribution in [3.63, 3.8) is 0 Å². The molecule has 0 saturated carbocycles. The topological polar surface area (TPSA) is 63.4 Å². The molecule has 4 nitrogen and oxygen atoms in total. The summed E-state index contributed by atoms with van der Waals surface area (Å²) in [5, 5.41) is 0. The molecule has 0 aromatic heterocycles. The van der Waals surface area contributed by atoms with Crippen molar-refractivity contribution >= 4 is 27.2 Å². The molecule has 1 aromatic carbocycles. The number of nitrogens with two attached hydrogens (primary N) is 1. The predicted molar refractivity (Wildman–Crippen MR) is 72.2 cm³/mol. The molecule has 0 fully saturated rings. The molecule has 6 heteroatoms. The average Bonchev–Trinajstić information content (AvgIpc) is 2.29. The number of hydrogen-bond donors (Lipinski definition) is 1. The van der Waals surface area contributed by atoms with Crippen LogP contribution in [0, 0.1) is 5.92 Å². The molecule has 0 aliphatic heterocycles. The molecular weight excluding hydrogens is 256 g/mol. The zero-order chi connectivity index (χ0) is 13.1. The first kappa shape index (κ1) is 14.1. The molecule has 0 bridgehead atoms. The van der Waals surface area contributed by atoms with Crippen LogP contribution in [0.25, 0.3) is 0 Å². The van der Waals surface area contributed by atoms with E-state index in [-0.39, 0.29) is 17.4 Å². The van der Waals surface area contributed by atoms with E-state index < -0.39 is 10.0 Å². The lowest BCUT2D eigenvalue weighted by atomic mass is 10.2. The van der Waals surface area contributed by atoms with E-state index in [1.807, 2.05) is 0 Å². The van der Waals surface area contributed by atoms with Crippen LogP contribution in [0.3, 0.4) is 0 Å². The van der Waals surface area contributed by atoms with E-state index in [1.54, 1.807) is 37.3 Å². The van der Waals surface area contributed by atoms with Gasteiger partial charge < -0.3 is 5.73 Å². The van der Waals surface area contributed by atoms with Gasteiger partial charge in [-0.2, -0.15) is 0 Å². The lowest BCUT2D eigenvalue weighted by molar-refractivity contribution is 0.445. The fourth-order valence-corrected chi connectivity index (χ4v) is 2.70. The number of nitrogens with zero attached hydrogens (tertiary/aromatic N) is 1. The molecule has 2 N–H and O–H groups in total. The molecule has 0 saturated heterocycles. The molecule has 0 amide bonds. The van der Waals surface area contributed by atoms with Gasteiger partial charge in [0.2, 0.25) is 10.0 Å². The molecule has 1 unspecified atom stereocenters. The molecular formula is C11H16N2O2S2. The number of benzene rings is 1. The zero-order valence-corrected chi connectivity index (χ0v) is 11.5. The Morgan fingerprint density at radius 1 is 1.41 bits per heavy atom. The maximum Gasteiger partial charge on any atom is 0.242 e. The van der Waals surface area contributed by atoms with Crippen molar-refractivity contribution in [2.24, 2.45) is 11.7 Å². The van der Waals surface area contributed by atoms with Gasteiger partial charge in [0.05, 0.1) is 9.88 Å². The third-order valence-electron chi connectivity index (χ3n) is 2.47. The normalized spacial score (nSPS) is 13.6. The zero-order valence-electron chi connectivity index (χ0n) is 9.83. The van der Waals surface area contributed by atoms with Gasteiger partial charge in [0, 0.05) is 19.5 Å². The predicted octanol–water partition coefficient (Wildman–Crippen LogP) is 1.23. The van der Waals surface area contributed by atoms with Gasteiger partial charge in [-0.25, -0.2) is 12.7 Å². The van der Waals surface area contributed by atoms with Gasteiger partial charge in [0.25, 0.3) is 0 Å². The van der Waals surface area contributed by atoms with E-state index in [2.05, 4.69) is 0 Å². The van der Waals surface area contributed by atoms with E-state index in [0.717, 1.165) is 0 Å². The number of thiocarbonyl (C=S) groups is 1. The minimum atomic E-state index is -3.45. The number of sulfonamides is 1. The first-order valence-electron chi connectivity index (χ1n) is 5.16. The van der Waals surface area contributed by atoms with Crippen LogP contribution in [0.2, 0.25) is 0 Å². The van der Waals surface area contributed by atoms with Crippen molar-refractivity contribution in [1.82, 2.24) is 4.31 Å². The second kappa shape index (κ2) is 5.57. The van der Waals surface area contributed by atoms with Crippen molar-refractivity contribution in [3.8, 4) is 0 Å². The van der Waals surface area contributed by atoms with Gasteiger partial charge in [-0.1, -0.05) is 37.3 Å². The maximum atomic E-state index is 12.1. The molecule has 0 aliphatic rings. The van der Waals surface area contributed by atoms with Crippen LogP contribution < -0.4 is 5.73 Å². The van der Waals surface area contributed by atoms with E-state index >= 15 is 0 Å². The van der Waals surface area contributed by atoms with Crippen LogP contribution >= 0.6 is 12.2 Å². The van der Waals surface area contributed by atoms with E-state index in [4.69, 9.17) is 18.0 Å². The van der Waals surface area contributed by atoms with Gasteiger partial charge in [0.1, 0.15) is 0 Å². The summed E-state index contributed by atoms with van der Waals surface area (Å²) >= 11 is 4.83. The Bertz CT molecular complexity index is 485. The van der Waals surface area contributed by atoms with E-state index in [1.165, 1.54) is 11.4 Å². The number of rotatable bonds is 5. The molecule has 0 radical (unpaired) electrons. The van der Waals surface area contributed by atoms with Crippen LogP contribution in [0.1, 0.15) is 6.92 Å². The Morgan fingerprint density at radius 3 is 2.41 bits per heavy atom. The highest BCUT2D eigenvalue weighted by molar-refractivity contribution is 7.89. The van der Waals surface area contributed by atoms with Gasteiger partial charge in [0.15, 0.2) is 0 Å². The van der Waals surface area contributed by atoms with Crippen LogP contribution in [-0.2, 0) is 10.0 Å². The first-order valence-corrected chi connectivity index (χ1v) is 7.01. The summed E-state index contributed by atoms with van der Waals surface area (Å²) < 4.78 is 25.5. The van der Waals surface area contributed by atoms with Crippen molar-refractivity contribution < 1.29 is 8.42 Å². The van der Waals surface area contributed by atoms with Crippen molar-refractivity contribution in [2.45, 2.75) is 11.8 Å². The van der Waals surface area contributed by atoms with E-state index in [9.17, 15) is 8.42 Å². The van der Waals surface area contributed by atoms with Gasteiger partial charge in [-0.05, 0) is 12.1 Å². The molecule has 0 heterocycles. The van der Waals surface area contributed by atoms with Crippen molar-refractivity contribution in [3.05, 3.63) is 30.3 Å². The molecule has 1 aromatic rings. The molecule has 17 heavy (non-hydrogen) atoms. The summed E-state index contributed by atoms with van der Waals surface area (Å²) in [4.78, 5) is 0.595. The second-order valence-electron chi connectivity index (χ2n) is 3.90. The summed E-state index contributed by atoms with van der Waals surface area (Å²) in [6, 6.07) is 8.29. The summed E-state index contributed by atoms with van der Waals surface area (Å²) in [5.41, 5.74) is 5.48. The average molecular weight is 272 g/mol. The lowest BCUT2D eigenvalue weighted by Crippen LogP contribution is -2.35. The Balaban J connectivity index is 2.89. The van der Waals surface area contributed by atoms with Gasteiger partial charge >= 0.3 is 0 Å². The molecule has 1 rings (SSSR count). The SMILES string of the molecule is CC(CN(C)S(=O)(=O)c1ccccc1)C(N)=S. The third kappa shape index (κ3) is 3.49. The highest BCUT2D eigenvalue weighted by Gasteiger charge is 2.22. The summed E-state index contributed by atoms with van der Waals surface area (Å²) in [6.45, 7) is 2.09. The second-order valence-corrected chi connectivity index (χ2v) is 6.42. The summed E-state index contributed by atoms with van der Waals surface area (Å²) in [6.07, 6.45) is 0. The van der Waals surface area contributed by atoms with Crippen molar-refractivity contribution in [2.75, 3.05) is 13.6 Å². The fraction of sp³-hybridized carbons (Fsp3) is 0.364. The third-order valence-corrected chi connectivity index (χ3v) is 4.71. The minimum absolute atomic E-state index is 0.145. The Kier molecular flexibility index (Phi) is 4.62. The largest absolute Gasteiger partial charge is 0.393 e. The van der Waals surface area contributed by atoms with Crippen LogP contribution in [0.4, 0.5) is 0 Å². The van der Waals surface area contributed by atoms with Gasteiger partial charge in [-0.15, -0.1) is 0 Å². The monoisotopic (exact) mass is 272 g/mol. The van der Waals surface area contributed by atoms with E-state index in [0.29, 0.717) is 4.99 Å². The van der Waals surface area contributed by atoms with Crippen LogP contribution in [-0.4, -0.2) is 31.3 Å². The van der Waals surface area contributed by atoms with Crippen molar-refractivity contribution in [1.29, 1.82) is 0 Å². The molecule has 0 spiro atoms. The first-order chi connectivity index (χ1) is 7.85. The summed E-state index contributed by atoms with van der Waals surface area (Å²) in [5.74, 6) is -0.145. The number of hydrogen-bond acceptors (Lipinski definition) is 3. The highest BCUT2D eigenvalue weighted by atomic mass is 32.2. The van der Waals surface area contributed by atoms with Crippen LogP contribution in [0.15, 0.2) is 35.2 Å². The molecule has 1 atom stereocenters. The minimum Gasteiger partial charge on any atom is -0.393 e. The quantitative estimate of drug-likeness (QED) is 0.819. The van der Waals surface area contributed by atoms with Gasteiger partial charge in [-0.3, -0.25) is 0 Å². The fourth-order valence-electron chi connectivity index (χ4n) is 1.35. The Morgan fingerprint density at radius 2 is 1.94 bits per heavy atom. The lowest BCUT2D eigenvalue weighted by Gasteiger charge is -2.20. The smallest absolute Gasteiger partial charge is 0.242 e. The maximum absolute atomic E-state index is 12.1. The Labute approximate surface area is 107 Å². The highest BCUT2D eigenvalue weighted by Crippen LogP contribution is 2.14. The summed E-state index contributed by atoms with van der Waals surface area (Å²) in [7, 11) is -1.92. The Hall–Kier alpha value is -0.980. The molecule has 94 valence electrons. The standard InChI is InChI=1S/C11H16N2O2S2/c1-9(11(12)16)8-13(2)17(14,15)10-6-4-3-5-7-10/h3-7,9H,8H2,1-2H3,(H2,12,16).